The Hall–Kier alpha value is -0.370. The van der Waals surface area contributed by atoms with Gasteiger partial charge >= 0.3 is 0 Å². The first-order valence-electron chi connectivity index (χ1n) is 9.12. The highest BCUT2D eigenvalue weighted by Crippen LogP contribution is 2.63. The molecule has 22 heavy (non-hydrogen) atoms. The minimum atomic E-state index is 0.383. The van der Waals surface area contributed by atoms with E-state index in [4.69, 9.17) is 0 Å². The molecule has 4 aliphatic carbocycles. The van der Waals surface area contributed by atoms with Crippen LogP contribution in [0.25, 0.3) is 0 Å². The molecule has 0 heterocycles. The van der Waals surface area contributed by atoms with E-state index in [2.05, 4.69) is 28.9 Å². The standard InChI is InChI=1S/C20H27BrO/c1-20-10-8-17-16-6-4-15(22)12-13(16)2-5-18(17)19(20)7-3-14(20)9-11-21/h9,12,16-19H,2-8,10-11H2,1H3/t16-,17?,18?,19?,20+/m0/s1. The number of halogens is 1. The summed E-state index contributed by atoms with van der Waals surface area (Å²) in [6.45, 7) is 2.55. The van der Waals surface area contributed by atoms with Crippen molar-refractivity contribution < 1.29 is 4.79 Å². The predicted molar refractivity (Wildman–Crippen MR) is 94.0 cm³/mol. The first-order chi connectivity index (χ1) is 10.6. The quantitative estimate of drug-likeness (QED) is 0.447. The molecule has 0 spiro atoms. The number of carbonyl (C=O) groups is 1. The Morgan fingerprint density at radius 2 is 2.05 bits per heavy atom. The number of carbonyl (C=O) groups excluding carboxylic acids is 1. The van der Waals surface area contributed by atoms with Crippen LogP contribution in [-0.2, 0) is 4.79 Å². The molecule has 0 N–H and O–H groups in total. The van der Waals surface area contributed by atoms with Crippen LogP contribution in [0.1, 0.15) is 58.3 Å². The number of rotatable bonds is 1. The van der Waals surface area contributed by atoms with Gasteiger partial charge in [0.15, 0.2) is 5.78 Å². The molecule has 1 nitrogen and oxygen atoms in total. The van der Waals surface area contributed by atoms with Crippen molar-refractivity contribution in [3.63, 3.8) is 0 Å². The molecule has 0 aromatic heterocycles. The number of ketones is 1. The molecule has 0 radical (unpaired) electrons. The molecule has 2 heteroatoms. The predicted octanol–water partition coefficient (Wildman–Crippen LogP) is 5.45. The van der Waals surface area contributed by atoms with Gasteiger partial charge in [0.1, 0.15) is 0 Å². The zero-order valence-electron chi connectivity index (χ0n) is 13.6. The molecule has 5 atom stereocenters. The van der Waals surface area contributed by atoms with Gasteiger partial charge in [0.2, 0.25) is 0 Å². The van der Waals surface area contributed by atoms with E-state index >= 15 is 0 Å². The maximum atomic E-state index is 11.7. The summed E-state index contributed by atoms with van der Waals surface area (Å²) in [5.41, 5.74) is 3.71. The van der Waals surface area contributed by atoms with Crippen LogP contribution in [0.5, 0.6) is 0 Å². The van der Waals surface area contributed by atoms with E-state index in [0.717, 1.165) is 41.8 Å². The fraction of sp³-hybridized carbons (Fsp3) is 0.750. The smallest absolute Gasteiger partial charge is 0.155 e. The second-order valence-corrected chi connectivity index (χ2v) is 8.83. The minimum absolute atomic E-state index is 0.383. The van der Waals surface area contributed by atoms with Crippen molar-refractivity contribution in [3.8, 4) is 0 Å². The lowest BCUT2D eigenvalue weighted by Gasteiger charge is -2.53. The van der Waals surface area contributed by atoms with Gasteiger partial charge in [0.05, 0.1) is 0 Å². The van der Waals surface area contributed by atoms with Crippen molar-refractivity contribution in [1.29, 1.82) is 0 Å². The Morgan fingerprint density at radius 3 is 2.86 bits per heavy atom. The van der Waals surface area contributed by atoms with Gasteiger partial charge < -0.3 is 0 Å². The topological polar surface area (TPSA) is 17.1 Å². The molecule has 3 saturated carbocycles. The maximum absolute atomic E-state index is 11.7. The van der Waals surface area contributed by atoms with Crippen LogP contribution in [0.2, 0.25) is 0 Å². The highest BCUT2D eigenvalue weighted by atomic mass is 79.9. The molecule has 3 unspecified atom stereocenters. The molecule has 0 aromatic rings. The summed E-state index contributed by atoms with van der Waals surface area (Å²) in [5, 5.41) is 1.01. The lowest BCUT2D eigenvalue weighted by Crippen LogP contribution is -2.45. The van der Waals surface area contributed by atoms with Gasteiger partial charge in [-0.15, -0.1) is 0 Å². The highest BCUT2D eigenvalue weighted by Gasteiger charge is 2.54. The summed E-state index contributed by atoms with van der Waals surface area (Å²) in [5.74, 6) is 3.81. The molecule has 120 valence electrons. The summed E-state index contributed by atoms with van der Waals surface area (Å²) in [7, 11) is 0. The molecule has 3 fully saturated rings. The van der Waals surface area contributed by atoms with Gasteiger partial charge in [0.25, 0.3) is 0 Å². The van der Waals surface area contributed by atoms with Crippen molar-refractivity contribution in [2.75, 3.05) is 5.33 Å². The monoisotopic (exact) mass is 362 g/mol. The third kappa shape index (κ3) is 2.20. The molecule has 0 aromatic carbocycles. The Morgan fingerprint density at radius 1 is 1.18 bits per heavy atom. The highest BCUT2D eigenvalue weighted by molar-refractivity contribution is 9.09. The van der Waals surface area contributed by atoms with Crippen molar-refractivity contribution in [2.45, 2.75) is 58.3 Å². The second kappa shape index (κ2) is 5.61. The molecular formula is C20H27BrO. The molecular weight excluding hydrogens is 336 g/mol. The van der Waals surface area contributed by atoms with Crippen LogP contribution in [0.4, 0.5) is 0 Å². The summed E-state index contributed by atoms with van der Waals surface area (Å²) < 4.78 is 0. The lowest BCUT2D eigenvalue weighted by atomic mass is 9.52. The lowest BCUT2D eigenvalue weighted by molar-refractivity contribution is -0.115. The van der Waals surface area contributed by atoms with E-state index in [1.807, 2.05) is 6.08 Å². The van der Waals surface area contributed by atoms with Crippen LogP contribution in [-0.4, -0.2) is 11.1 Å². The van der Waals surface area contributed by atoms with E-state index in [0.29, 0.717) is 11.2 Å². The van der Waals surface area contributed by atoms with Crippen molar-refractivity contribution in [1.82, 2.24) is 0 Å². The average Bonchev–Trinajstić information content (AvgIpc) is 2.84. The number of fused-ring (bicyclic) bond motifs is 5. The van der Waals surface area contributed by atoms with Crippen LogP contribution in [0, 0.1) is 29.1 Å². The summed E-state index contributed by atoms with van der Waals surface area (Å²) in [4.78, 5) is 11.7. The van der Waals surface area contributed by atoms with Gasteiger partial charge in [-0.2, -0.15) is 0 Å². The Bertz CT molecular complexity index is 546. The summed E-state index contributed by atoms with van der Waals surface area (Å²) in [6, 6.07) is 0. The zero-order valence-corrected chi connectivity index (χ0v) is 15.2. The normalized spacial score (nSPS) is 46.0. The Labute approximate surface area is 142 Å². The molecule has 4 rings (SSSR count). The molecule has 0 amide bonds. The summed E-state index contributed by atoms with van der Waals surface area (Å²) >= 11 is 3.60. The van der Waals surface area contributed by atoms with Crippen LogP contribution in [0.15, 0.2) is 23.3 Å². The number of alkyl halides is 1. The van der Waals surface area contributed by atoms with Crippen molar-refractivity contribution >= 4 is 21.7 Å². The van der Waals surface area contributed by atoms with Crippen LogP contribution < -0.4 is 0 Å². The number of hydrogen-bond donors (Lipinski definition) is 0. The Balaban J connectivity index is 1.62. The van der Waals surface area contributed by atoms with Gasteiger partial charge in [-0.05, 0) is 80.1 Å². The van der Waals surface area contributed by atoms with Crippen LogP contribution in [0.3, 0.4) is 0 Å². The van der Waals surface area contributed by atoms with E-state index < -0.39 is 0 Å². The SMILES string of the molecule is C[C@]12CCC3C(CCC4=CC(=O)CC[C@@H]43)C1CCC2=CCBr. The molecule has 0 aliphatic heterocycles. The first kappa shape index (κ1) is 15.2. The fourth-order valence-corrected chi connectivity index (χ4v) is 6.85. The largest absolute Gasteiger partial charge is 0.295 e. The second-order valence-electron chi connectivity index (χ2n) is 8.18. The molecule has 0 saturated heterocycles. The number of hydrogen-bond acceptors (Lipinski definition) is 1. The van der Waals surface area contributed by atoms with Crippen molar-refractivity contribution in [2.24, 2.45) is 29.1 Å². The van der Waals surface area contributed by atoms with Gasteiger partial charge in [-0.25, -0.2) is 0 Å². The number of allylic oxidation sites excluding steroid dienone is 3. The third-order valence-corrected chi connectivity index (χ3v) is 7.80. The summed E-state index contributed by atoms with van der Waals surface area (Å²) in [6.07, 6.45) is 14.4. The minimum Gasteiger partial charge on any atom is -0.295 e. The fourth-order valence-electron chi connectivity index (χ4n) is 6.46. The third-order valence-electron chi connectivity index (χ3n) is 7.47. The van der Waals surface area contributed by atoms with Crippen molar-refractivity contribution in [3.05, 3.63) is 23.3 Å². The molecule has 4 aliphatic rings. The van der Waals surface area contributed by atoms with Gasteiger partial charge in [-0.3, -0.25) is 4.79 Å². The van der Waals surface area contributed by atoms with E-state index in [1.54, 1.807) is 5.57 Å². The zero-order chi connectivity index (χ0) is 15.3. The molecule has 0 bridgehead atoms. The van der Waals surface area contributed by atoms with E-state index in [1.165, 1.54) is 44.1 Å². The van der Waals surface area contributed by atoms with E-state index in [-0.39, 0.29) is 0 Å². The Kier molecular flexibility index (Phi) is 3.87. The van der Waals surface area contributed by atoms with Crippen LogP contribution >= 0.6 is 15.9 Å². The van der Waals surface area contributed by atoms with Gasteiger partial charge in [-0.1, -0.05) is 40.1 Å². The van der Waals surface area contributed by atoms with E-state index in [9.17, 15) is 4.79 Å². The van der Waals surface area contributed by atoms with Gasteiger partial charge in [0, 0.05) is 11.8 Å². The first-order valence-corrected chi connectivity index (χ1v) is 10.2. The maximum Gasteiger partial charge on any atom is 0.155 e. The average molecular weight is 363 g/mol.